The number of amides is 2. The summed E-state index contributed by atoms with van der Waals surface area (Å²) in [5.41, 5.74) is 1.14. The smallest absolute Gasteiger partial charge is 0.319 e. The van der Waals surface area contributed by atoms with Crippen molar-refractivity contribution in [3.63, 3.8) is 0 Å². The van der Waals surface area contributed by atoms with Crippen LogP contribution in [0.5, 0.6) is 11.6 Å². The minimum atomic E-state index is -0.817. The molecule has 0 aliphatic carbocycles. The zero-order valence-electron chi connectivity index (χ0n) is 12.9. The average Bonchev–Trinajstić information content (AvgIpc) is 2.60. The van der Waals surface area contributed by atoms with Gasteiger partial charge in [0.1, 0.15) is 11.4 Å². The van der Waals surface area contributed by atoms with E-state index in [2.05, 4.69) is 15.6 Å². The summed E-state index contributed by atoms with van der Waals surface area (Å²) in [5.74, 6) is 1.02. The van der Waals surface area contributed by atoms with Gasteiger partial charge in [0, 0.05) is 12.7 Å². The Kier molecular flexibility index (Phi) is 5.76. The fourth-order valence-corrected chi connectivity index (χ4v) is 1.95. The Balaban J connectivity index is 1.88. The zero-order valence-corrected chi connectivity index (χ0v) is 12.9. The van der Waals surface area contributed by atoms with Crippen LogP contribution in [-0.2, 0) is 0 Å². The number of ether oxygens (including phenoxy) is 2. The second-order valence-corrected chi connectivity index (χ2v) is 4.68. The number of hydrogen-bond acceptors (Lipinski definition) is 5. The molecule has 0 aliphatic rings. The lowest BCUT2D eigenvalue weighted by atomic mass is 10.1. The first kappa shape index (κ1) is 16.6. The van der Waals surface area contributed by atoms with Crippen molar-refractivity contribution in [3.05, 3.63) is 48.2 Å². The first-order chi connectivity index (χ1) is 11.1. The Morgan fingerprint density at radius 1 is 1.22 bits per heavy atom. The molecule has 7 heteroatoms. The van der Waals surface area contributed by atoms with Gasteiger partial charge >= 0.3 is 6.03 Å². The van der Waals surface area contributed by atoms with Crippen molar-refractivity contribution < 1.29 is 19.4 Å². The molecule has 3 N–H and O–H groups in total. The molecule has 0 aliphatic heterocycles. The van der Waals surface area contributed by atoms with Crippen LogP contribution in [0.2, 0.25) is 0 Å². The van der Waals surface area contributed by atoms with E-state index in [1.807, 2.05) is 0 Å². The van der Waals surface area contributed by atoms with Gasteiger partial charge in [0.2, 0.25) is 5.88 Å². The highest BCUT2D eigenvalue weighted by Gasteiger charge is 2.11. The molecular weight excluding hydrogens is 298 g/mol. The highest BCUT2D eigenvalue weighted by atomic mass is 16.5. The van der Waals surface area contributed by atoms with E-state index in [0.717, 1.165) is 0 Å². The number of nitrogens with one attached hydrogen (secondary N) is 2. The number of pyridine rings is 1. The minimum Gasteiger partial charge on any atom is -0.497 e. The van der Waals surface area contributed by atoms with Crippen LogP contribution in [0.4, 0.5) is 10.5 Å². The summed E-state index contributed by atoms with van der Waals surface area (Å²) in [6, 6.07) is 9.89. The quantitative estimate of drug-likeness (QED) is 0.757. The molecule has 0 bridgehead atoms. The first-order valence-corrected chi connectivity index (χ1v) is 7.00. The summed E-state index contributed by atoms with van der Waals surface area (Å²) >= 11 is 0. The number of aliphatic hydroxyl groups is 1. The lowest BCUT2D eigenvalue weighted by molar-refractivity contribution is 0.175. The molecule has 0 saturated carbocycles. The summed E-state index contributed by atoms with van der Waals surface area (Å²) < 4.78 is 10.1. The summed E-state index contributed by atoms with van der Waals surface area (Å²) in [6.07, 6.45) is 0.748. The third kappa shape index (κ3) is 4.58. The first-order valence-electron chi connectivity index (χ1n) is 7.00. The Hall–Kier alpha value is -2.80. The van der Waals surface area contributed by atoms with Crippen LogP contribution >= 0.6 is 0 Å². The average molecular weight is 317 g/mol. The van der Waals surface area contributed by atoms with Gasteiger partial charge in [0.15, 0.2) is 0 Å². The van der Waals surface area contributed by atoms with Gasteiger partial charge in [-0.2, -0.15) is 0 Å². The van der Waals surface area contributed by atoms with Gasteiger partial charge in [-0.15, -0.1) is 0 Å². The number of benzene rings is 1. The van der Waals surface area contributed by atoms with Crippen LogP contribution in [0.3, 0.4) is 0 Å². The highest BCUT2D eigenvalue weighted by Crippen LogP contribution is 2.20. The lowest BCUT2D eigenvalue weighted by Gasteiger charge is -2.14. The number of urea groups is 1. The Bertz CT molecular complexity index is 646. The third-order valence-corrected chi connectivity index (χ3v) is 3.17. The van der Waals surface area contributed by atoms with Gasteiger partial charge in [-0.3, -0.25) is 0 Å². The fraction of sp³-hybridized carbons (Fsp3) is 0.250. The standard InChI is InChI=1S/C16H19N3O4/c1-22-12-7-5-11(6-8-12)14(20)10-18-16(21)19-13-4-3-9-17-15(13)23-2/h3-9,14,20H,10H2,1-2H3,(H2,18,19,21)/t14-/m1/s1. The molecule has 1 aromatic heterocycles. The Morgan fingerprint density at radius 2 is 1.96 bits per heavy atom. The molecule has 1 aromatic carbocycles. The normalized spacial score (nSPS) is 11.4. The van der Waals surface area contributed by atoms with Crippen LogP contribution in [0.15, 0.2) is 42.6 Å². The number of methoxy groups -OCH3 is 2. The Labute approximate surface area is 134 Å². The number of aromatic nitrogens is 1. The molecule has 2 amide bonds. The number of rotatable bonds is 6. The van der Waals surface area contributed by atoms with Gasteiger partial charge in [-0.05, 0) is 29.8 Å². The van der Waals surface area contributed by atoms with E-state index < -0.39 is 12.1 Å². The highest BCUT2D eigenvalue weighted by molar-refractivity contribution is 5.90. The molecule has 0 fully saturated rings. The molecule has 23 heavy (non-hydrogen) atoms. The topological polar surface area (TPSA) is 92.7 Å². The van der Waals surface area contributed by atoms with Crippen molar-refractivity contribution >= 4 is 11.7 Å². The van der Waals surface area contributed by atoms with E-state index >= 15 is 0 Å². The summed E-state index contributed by atoms with van der Waals surface area (Å²) in [7, 11) is 3.04. The molecule has 0 spiro atoms. The molecule has 122 valence electrons. The van der Waals surface area contributed by atoms with Crippen molar-refractivity contribution in [3.8, 4) is 11.6 Å². The Morgan fingerprint density at radius 3 is 2.61 bits per heavy atom. The predicted molar refractivity (Wildman–Crippen MR) is 85.8 cm³/mol. The van der Waals surface area contributed by atoms with E-state index in [0.29, 0.717) is 22.9 Å². The van der Waals surface area contributed by atoms with E-state index in [1.54, 1.807) is 49.7 Å². The van der Waals surface area contributed by atoms with E-state index in [9.17, 15) is 9.90 Å². The molecule has 2 rings (SSSR count). The maximum atomic E-state index is 11.9. The number of nitrogens with zero attached hydrogens (tertiary/aromatic N) is 1. The molecule has 2 aromatic rings. The predicted octanol–water partition coefficient (Wildman–Crippen LogP) is 1.95. The second-order valence-electron chi connectivity index (χ2n) is 4.68. The minimum absolute atomic E-state index is 0.0702. The largest absolute Gasteiger partial charge is 0.497 e. The van der Waals surface area contributed by atoms with E-state index in [4.69, 9.17) is 9.47 Å². The van der Waals surface area contributed by atoms with Crippen molar-refractivity contribution in [2.45, 2.75) is 6.10 Å². The van der Waals surface area contributed by atoms with Crippen molar-refractivity contribution in [1.29, 1.82) is 0 Å². The summed E-state index contributed by atoms with van der Waals surface area (Å²) in [4.78, 5) is 15.9. The van der Waals surface area contributed by atoms with Crippen LogP contribution < -0.4 is 20.1 Å². The lowest BCUT2D eigenvalue weighted by Crippen LogP contribution is -2.32. The van der Waals surface area contributed by atoms with Crippen LogP contribution in [0.1, 0.15) is 11.7 Å². The molecule has 1 heterocycles. The van der Waals surface area contributed by atoms with Crippen molar-refractivity contribution in [1.82, 2.24) is 10.3 Å². The van der Waals surface area contributed by atoms with Crippen LogP contribution in [0, 0.1) is 0 Å². The van der Waals surface area contributed by atoms with Crippen molar-refractivity contribution in [2.24, 2.45) is 0 Å². The maximum Gasteiger partial charge on any atom is 0.319 e. The molecule has 0 unspecified atom stereocenters. The molecular formula is C16H19N3O4. The number of aliphatic hydroxyl groups excluding tert-OH is 1. The van der Waals surface area contributed by atoms with Gasteiger partial charge in [-0.25, -0.2) is 9.78 Å². The van der Waals surface area contributed by atoms with Gasteiger partial charge in [-0.1, -0.05) is 12.1 Å². The molecule has 7 nitrogen and oxygen atoms in total. The zero-order chi connectivity index (χ0) is 16.7. The van der Waals surface area contributed by atoms with Crippen molar-refractivity contribution in [2.75, 3.05) is 26.1 Å². The number of carbonyl (C=O) groups is 1. The summed E-state index contributed by atoms with van der Waals surface area (Å²) in [6.45, 7) is 0.0702. The number of hydrogen-bond donors (Lipinski definition) is 3. The van der Waals surface area contributed by atoms with E-state index in [1.165, 1.54) is 7.11 Å². The van der Waals surface area contributed by atoms with Gasteiger partial charge < -0.3 is 25.2 Å². The number of carbonyl (C=O) groups excluding carboxylic acids is 1. The number of anilines is 1. The molecule has 1 atom stereocenters. The van der Waals surface area contributed by atoms with Gasteiger partial charge in [0.25, 0.3) is 0 Å². The third-order valence-electron chi connectivity index (χ3n) is 3.17. The van der Waals surface area contributed by atoms with E-state index in [-0.39, 0.29) is 6.54 Å². The monoisotopic (exact) mass is 317 g/mol. The van der Waals surface area contributed by atoms with Crippen LogP contribution in [0.25, 0.3) is 0 Å². The fourth-order valence-electron chi connectivity index (χ4n) is 1.95. The second kappa shape index (κ2) is 8.00. The SMILES string of the molecule is COc1ccc([C@H](O)CNC(=O)Nc2cccnc2OC)cc1. The van der Waals surface area contributed by atoms with Gasteiger partial charge in [0.05, 0.1) is 20.3 Å². The maximum absolute atomic E-state index is 11.9. The molecule has 0 saturated heterocycles. The van der Waals surface area contributed by atoms with Crippen LogP contribution in [-0.4, -0.2) is 36.9 Å². The summed E-state index contributed by atoms with van der Waals surface area (Å²) in [5, 5.41) is 15.3. The molecule has 0 radical (unpaired) electrons.